The highest BCUT2D eigenvalue weighted by Crippen LogP contribution is 2.35. The molecule has 0 saturated carbocycles. The van der Waals surface area contributed by atoms with E-state index < -0.39 is 0 Å². The molecule has 2 fully saturated rings. The fourth-order valence-corrected chi connectivity index (χ4v) is 3.20. The predicted octanol–water partition coefficient (Wildman–Crippen LogP) is 2.56. The van der Waals surface area contributed by atoms with Crippen molar-refractivity contribution in [3.63, 3.8) is 0 Å². The molecule has 0 aliphatic carbocycles. The summed E-state index contributed by atoms with van der Waals surface area (Å²) in [7, 11) is 0. The smallest absolute Gasteiger partial charge is 0.134 e. The Hall–Kier alpha value is -0.580. The van der Waals surface area contributed by atoms with E-state index in [9.17, 15) is 5.11 Å². The van der Waals surface area contributed by atoms with Crippen molar-refractivity contribution >= 4 is 15.9 Å². The van der Waals surface area contributed by atoms with Crippen molar-refractivity contribution in [2.45, 2.75) is 44.1 Å². The Balaban J connectivity index is 1.62. The molecule has 0 radical (unpaired) electrons. The number of ether oxygens (including phenoxy) is 1. The van der Waals surface area contributed by atoms with E-state index in [4.69, 9.17) is 4.74 Å². The molecule has 2 aliphatic heterocycles. The summed E-state index contributed by atoms with van der Waals surface area (Å²) >= 11 is 3.33. The molecule has 3 nitrogen and oxygen atoms in total. The maximum absolute atomic E-state index is 9.89. The van der Waals surface area contributed by atoms with Crippen molar-refractivity contribution in [1.29, 1.82) is 0 Å². The molecule has 2 aliphatic rings. The first kappa shape index (κ1) is 11.5. The Kier molecular flexibility index (Phi) is 3.11. The third-order valence-corrected chi connectivity index (χ3v) is 4.37. The lowest BCUT2D eigenvalue weighted by Crippen LogP contribution is -2.36. The van der Waals surface area contributed by atoms with Crippen LogP contribution in [0.1, 0.15) is 24.8 Å². The van der Waals surface area contributed by atoms with E-state index in [1.54, 1.807) is 0 Å². The first-order chi connectivity index (χ1) is 8.24. The molecule has 2 saturated heterocycles. The zero-order valence-corrected chi connectivity index (χ0v) is 11.1. The molecule has 1 aromatic carbocycles. The summed E-state index contributed by atoms with van der Waals surface area (Å²) in [5.74, 6) is 0.337. The van der Waals surface area contributed by atoms with Crippen LogP contribution in [0.3, 0.4) is 0 Å². The van der Waals surface area contributed by atoms with E-state index >= 15 is 0 Å². The Morgan fingerprint density at radius 2 is 2.29 bits per heavy atom. The Morgan fingerprint density at radius 1 is 1.41 bits per heavy atom. The summed E-state index contributed by atoms with van der Waals surface area (Å²) in [6.45, 7) is 0.697. The largest absolute Gasteiger partial charge is 0.506 e. The molecule has 0 amide bonds. The summed E-state index contributed by atoms with van der Waals surface area (Å²) in [6.07, 6.45) is 4.35. The Labute approximate surface area is 109 Å². The van der Waals surface area contributed by atoms with Gasteiger partial charge in [-0.25, -0.2) is 0 Å². The number of aromatic hydroxyl groups is 1. The van der Waals surface area contributed by atoms with Crippen LogP contribution >= 0.6 is 15.9 Å². The van der Waals surface area contributed by atoms with Crippen LogP contribution in [0, 0.1) is 0 Å². The highest BCUT2D eigenvalue weighted by molar-refractivity contribution is 9.10. The first-order valence-electron chi connectivity index (χ1n) is 6.09. The second-order valence-electron chi connectivity index (χ2n) is 4.84. The molecule has 0 aromatic heterocycles. The number of phenols is 1. The van der Waals surface area contributed by atoms with E-state index in [0.29, 0.717) is 30.5 Å². The summed E-state index contributed by atoms with van der Waals surface area (Å²) in [5.41, 5.74) is 0.933. The maximum Gasteiger partial charge on any atom is 0.134 e. The number of hydrogen-bond acceptors (Lipinski definition) is 3. The van der Waals surface area contributed by atoms with Crippen LogP contribution in [0.4, 0.5) is 0 Å². The summed E-state index contributed by atoms with van der Waals surface area (Å²) in [6, 6.07) is 6.19. The molecule has 3 atom stereocenters. The normalized spacial score (nSPS) is 31.0. The van der Waals surface area contributed by atoms with E-state index in [-0.39, 0.29) is 0 Å². The lowest BCUT2D eigenvalue weighted by atomic mass is 9.95. The quantitative estimate of drug-likeness (QED) is 0.901. The van der Waals surface area contributed by atoms with Gasteiger partial charge in [-0.1, -0.05) is 12.1 Å². The average Bonchev–Trinajstić information content (AvgIpc) is 2.93. The fraction of sp³-hybridized carbons (Fsp3) is 0.538. The van der Waals surface area contributed by atoms with Crippen molar-refractivity contribution in [2.75, 3.05) is 0 Å². The number of rotatable bonds is 3. The second kappa shape index (κ2) is 4.59. The maximum atomic E-state index is 9.89. The minimum Gasteiger partial charge on any atom is -0.506 e. The van der Waals surface area contributed by atoms with Crippen LogP contribution in [0.15, 0.2) is 22.7 Å². The zero-order chi connectivity index (χ0) is 11.8. The zero-order valence-electron chi connectivity index (χ0n) is 9.53. The molecule has 0 spiro atoms. The third-order valence-electron chi connectivity index (χ3n) is 3.73. The molecule has 3 rings (SSSR count). The van der Waals surface area contributed by atoms with Gasteiger partial charge >= 0.3 is 0 Å². The van der Waals surface area contributed by atoms with Gasteiger partial charge in [0.25, 0.3) is 0 Å². The van der Waals surface area contributed by atoms with Gasteiger partial charge in [0, 0.05) is 18.2 Å². The fourth-order valence-electron chi connectivity index (χ4n) is 2.80. The van der Waals surface area contributed by atoms with E-state index in [0.717, 1.165) is 16.5 Å². The van der Waals surface area contributed by atoms with Crippen molar-refractivity contribution in [2.24, 2.45) is 0 Å². The van der Waals surface area contributed by atoms with Crippen LogP contribution in [0.25, 0.3) is 0 Å². The van der Waals surface area contributed by atoms with E-state index in [2.05, 4.69) is 21.2 Å². The monoisotopic (exact) mass is 297 g/mol. The summed E-state index contributed by atoms with van der Waals surface area (Å²) in [4.78, 5) is 0. The van der Waals surface area contributed by atoms with Crippen LogP contribution in [0.2, 0.25) is 0 Å². The molecule has 2 N–H and O–H groups in total. The number of nitrogens with one attached hydrogen (secondary N) is 1. The minimum absolute atomic E-state index is 0.337. The van der Waals surface area contributed by atoms with E-state index in [1.807, 2.05) is 18.2 Å². The van der Waals surface area contributed by atoms with E-state index in [1.165, 1.54) is 12.8 Å². The van der Waals surface area contributed by atoms with Crippen LogP contribution in [0.5, 0.6) is 5.75 Å². The molecular formula is C13H16BrNO2. The van der Waals surface area contributed by atoms with Crippen LogP contribution < -0.4 is 5.32 Å². The Morgan fingerprint density at radius 3 is 3.00 bits per heavy atom. The van der Waals surface area contributed by atoms with Gasteiger partial charge in [-0.3, -0.25) is 0 Å². The van der Waals surface area contributed by atoms with Gasteiger partial charge in [-0.2, -0.15) is 0 Å². The summed E-state index contributed by atoms with van der Waals surface area (Å²) in [5, 5.41) is 13.4. The summed E-state index contributed by atoms with van der Waals surface area (Å²) < 4.78 is 6.54. The number of phenolic OH excluding ortho intramolecular Hbond substituents is 1. The molecular weight excluding hydrogens is 282 g/mol. The number of benzene rings is 1. The average molecular weight is 298 g/mol. The topological polar surface area (TPSA) is 41.5 Å². The molecule has 3 unspecified atom stereocenters. The standard InChI is InChI=1S/C13H16BrNO2/c14-10-3-1-2-8(13(10)16)7-15-11-6-9-4-5-12(11)17-9/h1-3,9,11-12,15-16H,4-7H2. The number of para-hydroxylation sites is 1. The van der Waals surface area contributed by atoms with Crippen molar-refractivity contribution in [1.82, 2.24) is 5.32 Å². The van der Waals surface area contributed by atoms with Gasteiger partial charge in [0.05, 0.1) is 16.7 Å². The molecule has 2 heterocycles. The first-order valence-corrected chi connectivity index (χ1v) is 6.88. The van der Waals surface area contributed by atoms with Gasteiger partial charge in [0.1, 0.15) is 5.75 Å². The molecule has 4 heteroatoms. The van der Waals surface area contributed by atoms with Gasteiger partial charge in [0.2, 0.25) is 0 Å². The molecule has 1 aromatic rings. The SMILES string of the molecule is Oc1c(Br)cccc1CNC1CC2CCC1O2. The number of halogens is 1. The highest BCUT2D eigenvalue weighted by atomic mass is 79.9. The van der Waals surface area contributed by atoms with Gasteiger partial charge in [0.15, 0.2) is 0 Å². The number of fused-ring (bicyclic) bond motifs is 2. The molecule has 17 heavy (non-hydrogen) atoms. The van der Waals surface area contributed by atoms with Gasteiger partial charge in [-0.05, 0) is 41.3 Å². The lowest BCUT2D eigenvalue weighted by Gasteiger charge is -2.20. The van der Waals surface area contributed by atoms with Crippen LogP contribution in [-0.2, 0) is 11.3 Å². The van der Waals surface area contributed by atoms with Gasteiger partial charge < -0.3 is 15.2 Å². The molecule has 92 valence electrons. The highest BCUT2D eigenvalue weighted by Gasteiger charge is 2.40. The second-order valence-corrected chi connectivity index (χ2v) is 5.70. The minimum atomic E-state index is 0.337. The van der Waals surface area contributed by atoms with Crippen molar-refractivity contribution in [3.05, 3.63) is 28.2 Å². The van der Waals surface area contributed by atoms with Gasteiger partial charge in [-0.15, -0.1) is 0 Å². The third kappa shape index (κ3) is 2.21. The number of hydrogen-bond donors (Lipinski definition) is 2. The lowest BCUT2D eigenvalue weighted by molar-refractivity contribution is 0.0972. The Bertz CT molecular complexity index is 424. The predicted molar refractivity (Wildman–Crippen MR) is 68.9 cm³/mol. The van der Waals surface area contributed by atoms with Crippen molar-refractivity contribution in [3.8, 4) is 5.75 Å². The molecule has 2 bridgehead atoms. The van der Waals surface area contributed by atoms with Crippen molar-refractivity contribution < 1.29 is 9.84 Å². The van der Waals surface area contributed by atoms with Crippen LogP contribution in [-0.4, -0.2) is 23.4 Å².